The normalized spacial score (nSPS) is 11.4. The summed E-state index contributed by atoms with van der Waals surface area (Å²) in [7, 11) is 1.75. The highest BCUT2D eigenvalue weighted by Crippen LogP contribution is 2.13. The number of rotatable bonds is 9. The highest BCUT2D eigenvalue weighted by molar-refractivity contribution is 14.0. The highest BCUT2D eigenvalue weighted by atomic mass is 127. The number of hydrogen-bond acceptors (Lipinski definition) is 4. The van der Waals surface area contributed by atoms with Crippen LogP contribution in [0.3, 0.4) is 0 Å². The molecule has 0 radical (unpaired) electrons. The summed E-state index contributed by atoms with van der Waals surface area (Å²) in [6.07, 6.45) is 6.01. The summed E-state index contributed by atoms with van der Waals surface area (Å²) in [6, 6.07) is 12.5. The van der Waals surface area contributed by atoms with Gasteiger partial charge >= 0.3 is 0 Å². The van der Waals surface area contributed by atoms with Gasteiger partial charge in [-0.15, -0.1) is 24.0 Å². The summed E-state index contributed by atoms with van der Waals surface area (Å²) in [5.41, 5.74) is 2.33. The van der Waals surface area contributed by atoms with Crippen LogP contribution in [0, 0.1) is 0 Å². The van der Waals surface area contributed by atoms with Crippen molar-refractivity contribution in [2.24, 2.45) is 4.99 Å². The Balaban J connectivity index is 0.00000320. The van der Waals surface area contributed by atoms with Gasteiger partial charge in [0, 0.05) is 32.1 Å². The molecule has 1 aromatic carbocycles. The van der Waals surface area contributed by atoms with E-state index in [2.05, 4.69) is 74.5 Å². The van der Waals surface area contributed by atoms with E-state index >= 15 is 0 Å². The van der Waals surface area contributed by atoms with Crippen molar-refractivity contribution in [1.29, 1.82) is 0 Å². The number of nitrogens with zero attached hydrogens (tertiary/aromatic N) is 4. The van der Waals surface area contributed by atoms with Crippen molar-refractivity contribution in [3.05, 3.63) is 71.6 Å². The first-order valence-corrected chi connectivity index (χ1v) is 10.1. The SMILES string of the molecule is CN=C(NCc1cc(C(C)C)no1)NCc1nccn1CCCc1ccccc1.I. The number of halogens is 1. The number of aliphatic imine (C=N–C) groups is 1. The van der Waals surface area contributed by atoms with Crippen molar-refractivity contribution in [1.82, 2.24) is 25.3 Å². The Morgan fingerprint density at radius 1 is 1.17 bits per heavy atom. The van der Waals surface area contributed by atoms with Gasteiger partial charge in [0.2, 0.25) is 0 Å². The van der Waals surface area contributed by atoms with Crippen LogP contribution in [-0.4, -0.2) is 27.7 Å². The van der Waals surface area contributed by atoms with Gasteiger partial charge in [0.1, 0.15) is 5.82 Å². The van der Waals surface area contributed by atoms with Gasteiger partial charge in [0.15, 0.2) is 11.7 Å². The lowest BCUT2D eigenvalue weighted by Crippen LogP contribution is -2.36. The molecule has 0 unspecified atom stereocenters. The first-order chi connectivity index (χ1) is 14.2. The van der Waals surface area contributed by atoms with Crippen molar-refractivity contribution in [3.63, 3.8) is 0 Å². The van der Waals surface area contributed by atoms with Gasteiger partial charge in [-0.2, -0.15) is 0 Å². The number of hydrogen-bond donors (Lipinski definition) is 2. The first kappa shape index (κ1) is 23.9. The number of aryl methyl sites for hydroxylation is 2. The molecule has 0 aliphatic heterocycles. The minimum absolute atomic E-state index is 0. The van der Waals surface area contributed by atoms with Gasteiger partial charge in [0.25, 0.3) is 0 Å². The van der Waals surface area contributed by atoms with Crippen LogP contribution in [0.25, 0.3) is 0 Å². The van der Waals surface area contributed by atoms with Crippen LogP contribution in [0.1, 0.15) is 49.0 Å². The van der Waals surface area contributed by atoms with Crippen molar-refractivity contribution >= 4 is 29.9 Å². The lowest BCUT2D eigenvalue weighted by Gasteiger charge is -2.12. The highest BCUT2D eigenvalue weighted by Gasteiger charge is 2.09. The van der Waals surface area contributed by atoms with E-state index < -0.39 is 0 Å². The second-order valence-corrected chi connectivity index (χ2v) is 7.28. The average Bonchev–Trinajstić information content (AvgIpc) is 3.39. The summed E-state index contributed by atoms with van der Waals surface area (Å²) in [5.74, 6) is 2.83. The second kappa shape index (κ2) is 12.4. The number of benzene rings is 1. The summed E-state index contributed by atoms with van der Waals surface area (Å²) < 4.78 is 7.55. The second-order valence-electron chi connectivity index (χ2n) is 7.28. The summed E-state index contributed by atoms with van der Waals surface area (Å²) >= 11 is 0. The number of guanidine groups is 1. The van der Waals surface area contributed by atoms with Gasteiger partial charge in [0.05, 0.1) is 18.8 Å². The molecule has 3 aromatic rings. The third-order valence-electron chi connectivity index (χ3n) is 4.75. The maximum absolute atomic E-state index is 5.36. The molecule has 7 nitrogen and oxygen atoms in total. The van der Waals surface area contributed by atoms with Crippen LogP contribution in [0.2, 0.25) is 0 Å². The fourth-order valence-electron chi connectivity index (χ4n) is 3.05. The lowest BCUT2D eigenvalue weighted by atomic mass is 10.1. The van der Waals surface area contributed by atoms with Crippen molar-refractivity contribution in [2.45, 2.75) is 52.2 Å². The number of nitrogens with one attached hydrogen (secondary N) is 2. The van der Waals surface area contributed by atoms with E-state index in [1.807, 2.05) is 18.5 Å². The van der Waals surface area contributed by atoms with E-state index in [-0.39, 0.29) is 24.0 Å². The van der Waals surface area contributed by atoms with Gasteiger partial charge in [-0.3, -0.25) is 4.99 Å². The van der Waals surface area contributed by atoms with Crippen LogP contribution in [0.15, 0.2) is 58.3 Å². The largest absolute Gasteiger partial charge is 0.359 e. The predicted octanol–water partition coefficient (Wildman–Crippen LogP) is 4.11. The molecule has 2 N–H and O–H groups in total. The molecule has 2 heterocycles. The topological polar surface area (TPSA) is 80.3 Å². The Hall–Kier alpha value is -2.36. The minimum Gasteiger partial charge on any atom is -0.359 e. The number of imidazole rings is 1. The monoisotopic (exact) mass is 522 g/mol. The zero-order valence-corrected chi connectivity index (χ0v) is 20.2. The molecule has 0 saturated carbocycles. The van der Waals surface area contributed by atoms with Crippen LogP contribution >= 0.6 is 24.0 Å². The molecule has 3 rings (SSSR count). The molecule has 0 amide bonds. The molecule has 30 heavy (non-hydrogen) atoms. The molecular formula is C22H31IN6O. The molecule has 0 fully saturated rings. The minimum atomic E-state index is 0. The molecule has 0 aliphatic carbocycles. The lowest BCUT2D eigenvalue weighted by molar-refractivity contribution is 0.372. The Morgan fingerprint density at radius 3 is 2.63 bits per heavy atom. The van der Waals surface area contributed by atoms with E-state index in [1.165, 1.54) is 5.56 Å². The van der Waals surface area contributed by atoms with Crippen LogP contribution in [-0.2, 0) is 26.1 Å². The third-order valence-corrected chi connectivity index (χ3v) is 4.75. The Morgan fingerprint density at radius 2 is 1.93 bits per heavy atom. The summed E-state index contributed by atoms with van der Waals surface area (Å²) in [5, 5.41) is 10.6. The first-order valence-electron chi connectivity index (χ1n) is 10.1. The van der Waals surface area contributed by atoms with Crippen LogP contribution in [0.4, 0.5) is 0 Å². The smallest absolute Gasteiger partial charge is 0.191 e. The molecule has 162 valence electrons. The van der Waals surface area contributed by atoms with Crippen molar-refractivity contribution in [3.8, 4) is 0 Å². The van der Waals surface area contributed by atoms with E-state index in [0.717, 1.165) is 36.7 Å². The van der Waals surface area contributed by atoms with E-state index in [0.29, 0.717) is 25.0 Å². The molecular weight excluding hydrogens is 491 g/mol. The average molecular weight is 522 g/mol. The van der Waals surface area contributed by atoms with Gasteiger partial charge < -0.3 is 19.7 Å². The molecule has 8 heteroatoms. The zero-order chi connectivity index (χ0) is 20.5. The van der Waals surface area contributed by atoms with Crippen molar-refractivity contribution in [2.75, 3.05) is 7.05 Å². The molecule has 0 atom stereocenters. The third kappa shape index (κ3) is 7.16. The summed E-state index contributed by atoms with van der Waals surface area (Å²) in [4.78, 5) is 8.75. The van der Waals surface area contributed by atoms with E-state index in [9.17, 15) is 0 Å². The van der Waals surface area contributed by atoms with Crippen molar-refractivity contribution < 1.29 is 4.52 Å². The van der Waals surface area contributed by atoms with E-state index in [4.69, 9.17) is 4.52 Å². The standard InChI is InChI=1S/C22H30N6O.HI/c1-17(2)20-14-19(29-27-20)15-25-22(23-3)26-16-21-24-11-13-28(21)12-7-10-18-8-5-4-6-9-18;/h4-6,8-9,11,13-14,17H,7,10,12,15-16H2,1-3H3,(H2,23,25,26);1H. The van der Waals surface area contributed by atoms with Gasteiger partial charge in [-0.05, 0) is 24.3 Å². The van der Waals surface area contributed by atoms with Crippen LogP contribution < -0.4 is 10.6 Å². The maximum Gasteiger partial charge on any atom is 0.191 e. The quantitative estimate of drug-likeness (QED) is 0.251. The molecule has 0 bridgehead atoms. The Kier molecular flexibility index (Phi) is 9.85. The number of aromatic nitrogens is 3. The van der Waals surface area contributed by atoms with Crippen LogP contribution in [0.5, 0.6) is 0 Å². The fraction of sp³-hybridized carbons (Fsp3) is 0.409. The Bertz CT molecular complexity index is 903. The molecule has 0 aliphatic rings. The molecule has 0 saturated heterocycles. The zero-order valence-electron chi connectivity index (χ0n) is 17.8. The van der Waals surface area contributed by atoms with E-state index in [1.54, 1.807) is 7.05 Å². The fourth-order valence-corrected chi connectivity index (χ4v) is 3.05. The predicted molar refractivity (Wildman–Crippen MR) is 130 cm³/mol. The molecule has 2 aromatic heterocycles. The molecule has 0 spiro atoms. The summed E-state index contributed by atoms with van der Waals surface area (Å²) in [6.45, 7) is 6.26. The maximum atomic E-state index is 5.36. The van der Waals surface area contributed by atoms with Gasteiger partial charge in [-0.1, -0.05) is 49.3 Å². The Labute approximate surface area is 195 Å². The van der Waals surface area contributed by atoms with Gasteiger partial charge in [-0.25, -0.2) is 4.98 Å².